The number of aryl methyl sites for hydroxylation is 1. The molecule has 6 nitrogen and oxygen atoms in total. The van der Waals surface area contributed by atoms with E-state index in [1.54, 1.807) is 6.26 Å². The van der Waals surface area contributed by atoms with Crippen LogP contribution in [-0.2, 0) is 7.05 Å². The SMILES string of the molecule is CC(C)c1c(-c2cc(C3CC3)co2)n(C)c2c(C#N)cnn2c1=O. The van der Waals surface area contributed by atoms with E-state index in [9.17, 15) is 10.1 Å². The Balaban J connectivity index is 2.08. The first-order chi connectivity index (χ1) is 11.5. The summed E-state index contributed by atoms with van der Waals surface area (Å²) >= 11 is 0. The third-order valence-corrected chi connectivity index (χ3v) is 4.67. The van der Waals surface area contributed by atoms with Gasteiger partial charge in [0.25, 0.3) is 5.56 Å². The van der Waals surface area contributed by atoms with E-state index >= 15 is 0 Å². The number of nitriles is 1. The molecule has 3 aromatic rings. The Kier molecular flexibility index (Phi) is 3.14. The second-order valence-electron chi connectivity index (χ2n) is 6.71. The van der Waals surface area contributed by atoms with Gasteiger partial charge in [-0.1, -0.05) is 13.8 Å². The van der Waals surface area contributed by atoms with Crippen molar-refractivity contribution in [2.24, 2.45) is 7.05 Å². The number of aromatic nitrogens is 3. The molecular weight excluding hydrogens is 304 g/mol. The number of hydrogen-bond acceptors (Lipinski definition) is 4. The van der Waals surface area contributed by atoms with E-state index < -0.39 is 0 Å². The van der Waals surface area contributed by atoms with Gasteiger partial charge in [-0.3, -0.25) is 4.79 Å². The molecule has 0 N–H and O–H groups in total. The van der Waals surface area contributed by atoms with Gasteiger partial charge in [-0.05, 0) is 36.3 Å². The van der Waals surface area contributed by atoms with Crippen molar-refractivity contribution in [1.29, 1.82) is 5.26 Å². The summed E-state index contributed by atoms with van der Waals surface area (Å²) in [6.45, 7) is 3.96. The molecule has 0 radical (unpaired) electrons. The predicted octanol–water partition coefficient (Wildman–Crippen LogP) is 3.17. The van der Waals surface area contributed by atoms with Crippen LogP contribution in [0.25, 0.3) is 17.1 Å². The summed E-state index contributed by atoms with van der Waals surface area (Å²) in [5.41, 5.74) is 3.23. The van der Waals surface area contributed by atoms with Gasteiger partial charge in [0.2, 0.25) is 0 Å². The van der Waals surface area contributed by atoms with Crippen LogP contribution in [0.15, 0.2) is 27.7 Å². The zero-order valence-corrected chi connectivity index (χ0v) is 13.9. The summed E-state index contributed by atoms with van der Waals surface area (Å²) in [6.07, 6.45) is 5.60. The Hall–Kier alpha value is -2.81. The van der Waals surface area contributed by atoms with Gasteiger partial charge in [0, 0.05) is 12.6 Å². The van der Waals surface area contributed by atoms with Crippen LogP contribution in [-0.4, -0.2) is 14.2 Å². The van der Waals surface area contributed by atoms with Crippen molar-refractivity contribution in [2.75, 3.05) is 0 Å². The summed E-state index contributed by atoms with van der Waals surface area (Å²) in [4.78, 5) is 12.9. The van der Waals surface area contributed by atoms with E-state index in [0.717, 1.165) is 5.69 Å². The molecule has 6 heteroatoms. The van der Waals surface area contributed by atoms with Gasteiger partial charge in [0.15, 0.2) is 11.4 Å². The average molecular weight is 322 g/mol. The van der Waals surface area contributed by atoms with Gasteiger partial charge < -0.3 is 8.98 Å². The molecule has 1 saturated carbocycles. The van der Waals surface area contributed by atoms with Crippen LogP contribution in [0.3, 0.4) is 0 Å². The highest BCUT2D eigenvalue weighted by Crippen LogP contribution is 2.42. The average Bonchev–Trinajstić information content (AvgIpc) is 3.12. The third kappa shape index (κ3) is 2.01. The first kappa shape index (κ1) is 14.8. The molecule has 0 saturated heterocycles. The minimum atomic E-state index is -0.195. The lowest BCUT2D eigenvalue weighted by atomic mass is 10.0. The Morgan fingerprint density at radius 1 is 1.42 bits per heavy atom. The zero-order valence-electron chi connectivity index (χ0n) is 13.9. The smallest absolute Gasteiger partial charge is 0.278 e. The van der Waals surface area contributed by atoms with E-state index in [-0.39, 0.29) is 11.5 Å². The summed E-state index contributed by atoms with van der Waals surface area (Å²) in [7, 11) is 1.85. The highest BCUT2D eigenvalue weighted by molar-refractivity contribution is 5.66. The lowest BCUT2D eigenvalue weighted by Gasteiger charge is -2.16. The Morgan fingerprint density at radius 2 is 2.17 bits per heavy atom. The molecular formula is C18H18N4O2. The second-order valence-corrected chi connectivity index (χ2v) is 6.71. The highest BCUT2D eigenvalue weighted by atomic mass is 16.3. The van der Waals surface area contributed by atoms with Crippen LogP contribution in [0.1, 0.15) is 55.2 Å². The zero-order chi connectivity index (χ0) is 17.0. The molecule has 24 heavy (non-hydrogen) atoms. The van der Waals surface area contributed by atoms with Crippen molar-refractivity contribution in [3.8, 4) is 17.5 Å². The van der Waals surface area contributed by atoms with Crippen molar-refractivity contribution in [1.82, 2.24) is 14.2 Å². The monoisotopic (exact) mass is 322 g/mol. The van der Waals surface area contributed by atoms with E-state index in [0.29, 0.717) is 28.5 Å². The largest absolute Gasteiger partial charge is 0.462 e. The van der Waals surface area contributed by atoms with E-state index in [1.807, 2.05) is 31.5 Å². The Bertz CT molecular complexity index is 1040. The molecule has 3 heterocycles. The fraction of sp³-hybridized carbons (Fsp3) is 0.389. The number of furan rings is 1. The van der Waals surface area contributed by atoms with E-state index in [2.05, 4.69) is 11.2 Å². The van der Waals surface area contributed by atoms with Crippen LogP contribution >= 0.6 is 0 Å². The van der Waals surface area contributed by atoms with Crippen LogP contribution in [0, 0.1) is 11.3 Å². The van der Waals surface area contributed by atoms with Crippen LogP contribution in [0.4, 0.5) is 0 Å². The van der Waals surface area contributed by atoms with Crippen molar-refractivity contribution in [3.63, 3.8) is 0 Å². The highest BCUT2D eigenvalue weighted by Gasteiger charge is 2.28. The molecule has 0 aromatic carbocycles. The van der Waals surface area contributed by atoms with Crippen LogP contribution in [0.5, 0.6) is 0 Å². The second kappa shape index (κ2) is 5.10. The molecule has 0 bridgehead atoms. The molecule has 3 aromatic heterocycles. The fourth-order valence-electron chi connectivity index (χ4n) is 3.32. The standard InChI is InChI=1S/C18H18N4O2/c1-10(2)15-16(14-6-12(9-24-14)11-4-5-11)21(3)17-13(7-19)8-20-22(17)18(15)23/h6,8-11H,4-5H2,1-3H3. The van der Waals surface area contributed by atoms with Gasteiger partial charge in [0.1, 0.15) is 11.6 Å². The summed E-state index contributed by atoms with van der Waals surface area (Å²) in [5, 5.41) is 13.4. The van der Waals surface area contributed by atoms with E-state index in [4.69, 9.17) is 4.42 Å². The molecule has 0 spiro atoms. The molecule has 0 aliphatic heterocycles. The number of hydrogen-bond donors (Lipinski definition) is 0. The van der Waals surface area contributed by atoms with Crippen molar-refractivity contribution in [2.45, 2.75) is 38.5 Å². The third-order valence-electron chi connectivity index (χ3n) is 4.67. The van der Waals surface area contributed by atoms with Crippen LogP contribution in [0.2, 0.25) is 0 Å². The maximum atomic E-state index is 12.9. The molecule has 1 aliphatic carbocycles. The van der Waals surface area contributed by atoms with Crippen LogP contribution < -0.4 is 5.56 Å². The number of nitrogens with zero attached hydrogens (tertiary/aromatic N) is 4. The molecule has 0 unspecified atom stereocenters. The number of rotatable bonds is 3. The molecule has 1 aliphatic rings. The van der Waals surface area contributed by atoms with Crippen molar-refractivity contribution in [3.05, 3.63) is 45.6 Å². The summed E-state index contributed by atoms with van der Waals surface area (Å²) in [5.74, 6) is 1.26. The molecule has 0 atom stereocenters. The minimum absolute atomic E-state index is 0.00677. The summed E-state index contributed by atoms with van der Waals surface area (Å²) < 4.78 is 8.96. The Morgan fingerprint density at radius 3 is 2.79 bits per heavy atom. The molecule has 0 amide bonds. The lowest BCUT2D eigenvalue weighted by molar-refractivity contribution is 0.569. The van der Waals surface area contributed by atoms with Gasteiger partial charge in [-0.15, -0.1) is 0 Å². The van der Waals surface area contributed by atoms with Gasteiger partial charge in [-0.2, -0.15) is 14.9 Å². The fourth-order valence-corrected chi connectivity index (χ4v) is 3.32. The summed E-state index contributed by atoms with van der Waals surface area (Å²) in [6, 6.07) is 4.13. The molecule has 122 valence electrons. The van der Waals surface area contributed by atoms with Crippen molar-refractivity contribution < 1.29 is 4.42 Å². The maximum absolute atomic E-state index is 12.9. The van der Waals surface area contributed by atoms with Gasteiger partial charge in [0.05, 0.1) is 18.2 Å². The van der Waals surface area contributed by atoms with E-state index in [1.165, 1.54) is 29.1 Å². The topological polar surface area (TPSA) is 76.2 Å². The van der Waals surface area contributed by atoms with Gasteiger partial charge >= 0.3 is 0 Å². The first-order valence-corrected chi connectivity index (χ1v) is 8.12. The predicted molar refractivity (Wildman–Crippen MR) is 88.9 cm³/mol. The quantitative estimate of drug-likeness (QED) is 0.742. The van der Waals surface area contributed by atoms with Crippen molar-refractivity contribution >= 4 is 5.65 Å². The molecule has 4 rings (SSSR count). The minimum Gasteiger partial charge on any atom is -0.462 e. The first-order valence-electron chi connectivity index (χ1n) is 8.12. The molecule has 1 fully saturated rings. The lowest BCUT2D eigenvalue weighted by Crippen LogP contribution is -2.25. The normalized spacial score (nSPS) is 14.5. The van der Waals surface area contributed by atoms with Gasteiger partial charge in [-0.25, -0.2) is 0 Å². The Labute approximate surface area is 138 Å². The maximum Gasteiger partial charge on any atom is 0.278 e. The number of fused-ring (bicyclic) bond motifs is 1.